The summed E-state index contributed by atoms with van der Waals surface area (Å²) in [7, 11) is 4.20. The second kappa shape index (κ2) is 9.58. The van der Waals surface area contributed by atoms with E-state index < -0.39 is 0 Å². The van der Waals surface area contributed by atoms with E-state index in [1.807, 2.05) is 6.07 Å². The third kappa shape index (κ3) is 5.89. The molecule has 0 unspecified atom stereocenters. The first-order valence-corrected chi connectivity index (χ1v) is 7.73. The van der Waals surface area contributed by atoms with Gasteiger partial charge in [0.25, 0.3) is 11.7 Å². The third-order valence-electron chi connectivity index (χ3n) is 2.39. The monoisotopic (exact) mass is 417 g/mol. The van der Waals surface area contributed by atoms with Gasteiger partial charge in [0.2, 0.25) is 0 Å². The summed E-state index contributed by atoms with van der Waals surface area (Å²) >= 11 is 6.98. The molecular weight excluding hydrogens is 407 g/mol. The van der Waals surface area contributed by atoms with E-state index in [1.54, 1.807) is 42.5 Å². The smallest absolute Gasteiger partial charge is 0.275 e. The van der Waals surface area contributed by atoms with Gasteiger partial charge in [-0.2, -0.15) is 0 Å². The van der Waals surface area contributed by atoms with Gasteiger partial charge in [0, 0.05) is 16.8 Å². The van der Waals surface area contributed by atoms with E-state index in [2.05, 4.69) is 51.7 Å². The minimum absolute atomic E-state index is 0.154. The van der Waals surface area contributed by atoms with E-state index in [1.165, 1.54) is 6.21 Å². The molecule has 0 aliphatic rings. The van der Waals surface area contributed by atoms with E-state index in [9.17, 15) is 4.79 Å². The normalized spacial score (nSPS) is 9.90. The maximum Gasteiger partial charge on any atom is 0.275 e. The molecule has 21 heavy (non-hydrogen) atoms. The molecule has 7 heteroatoms. The molecule has 0 atom stereocenters. The van der Waals surface area contributed by atoms with Crippen molar-refractivity contribution in [1.29, 1.82) is 0 Å². The number of hydrogen-bond acceptors (Lipinski definition) is 1. The Labute approximate surface area is 143 Å². The van der Waals surface area contributed by atoms with Gasteiger partial charge in [-0.05, 0) is 24.3 Å². The number of nitrogens with zero attached hydrogens (tertiary/aromatic N) is 2. The Morgan fingerprint density at radius 2 is 1.90 bits per heavy atom. The molecule has 0 bridgehead atoms. The van der Waals surface area contributed by atoms with Crippen molar-refractivity contribution >= 4 is 38.1 Å². The van der Waals surface area contributed by atoms with Crippen LogP contribution in [0.3, 0.4) is 0 Å². The van der Waals surface area contributed by atoms with Crippen LogP contribution in [-0.4, -0.2) is 22.0 Å². The quantitative estimate of drug-likeness (QED) is 0.314. The molecule has 113 valence electrons. The first kappa shape index (κ1) is 17.7. The van der Waals surface area contributed by atoms with Gasteiger partial charge >= 0.3 is 25.2 Å². The molecule has 0 radical (unpaired) electrons. The number of benzene rings is 2. The predicted molar refractivity (Wildman–Crippen MR) is 86.5 cm³/mol. The molecule has 0 saturated carbocycles. The molecule has 0 spiro atoms. The van der Waals surface area contributed by atoms with Crippen molar-refractivity contribution in [3.63, 3.8) is 0 Å². The number of rotatable bonds is 3. The van der Waals surface area contributed by atoms with Crippen molar-refractivity contribution in [2.24, 2.45) is 5.10 Å². The van der Waals surface area contributed by atoms with E-state index in [-0.39, 0.29) is 5.91 Å². The summed E-state index contributed by atoms with van der Waals surface area (Å²) in [5.41, 5.74) is 4.92. The average molecular weight is 419 g/mol. The predicted octanol–water partition coefficient (Wildman–Crippen LogP) is 3.83. The second-order valence-electron chi connectivity index (χ2n) is 3.77. The van der Waals surface area contributed by atoms with Gasteiger partial charge in [-0.1, -0.05) is 34.1 Å². The van der Waals surface area contributed by atoms with Crippen LogP contribution in [0.1, 0.15) is 11.1 Å². The fraction of sp³-hybridized carbons (Fsp3) is 0. The Bertz CT molecular complexity index is 624. The minimum Gasteiger partial charge on any atom is -0.593 e. The summed E-state index contributed by atoms with van der Waals surface area (Å²) in [5, 5.41) is 11.5. The van der Waals surface area contributed by atoms with E-state index in [0.29, 0.717) is 16.9 Å². The fourth-order valence-electron chi connectivity index (χ4n) is 1.43. The SMILES string of the molecule is [Cl][Cu+].[OH+]=C([N-]N=Cc1cc(Br)ccc1[OH2+])c1ccccc1. The summed E-state index contributed by atoms with van der Waals surface area (Å²) in [6.45, 7) is 0. The molecule has 4 nitrogen and oxygen atoms in total. The van der Waals surface area contributed by atoms with Gasteiger partial charge in [0.05, 0.1) is 11.1 Å². The van der Waals surface area contributed by atoms with Gasteiger partial charge in [-0.3, -0.25) is 4.79 Å². The van der Waals surface area contributed by atoms with Crippen molar-refractivity contribution in [3.8, 4) is 5.75 Å². The Morgan fingerprint density at radius 1 is 1.24 bits per heavy atom. The van der Waals surface area contributed by atoms with Gasteiger partial charge < -0.3 is 15.6 Å². The van der Waals surface area contributed by atoms with Gasteiger partial charge in [0.15, 0.2) is 0 Å². The summed E-state index contributed by atoms with van der Waals surface area (Å²) in [6.07, 6.45) is 1.44. The van der Waals surface area contributed by atoms with E-state index in [0.717, 1.165) is 4.47 Å². The number of carbonyl (C=O) groups excluding carboxylic acids is 1. The van der Waals surface area contributed by atoms with E-state index >= 15 is 0 Å². The Balaban J connectivity index is 0.00000106. The van der Waals surface area contributed by atoms with Crippen LogP contribution in [0, 0.1) is 0 Å². The standard InChI is InChI=1S/C14H11BrN2O2.ClH.Cu/c15-12-6-7-13(18)11(8-12)9-16-17-14(19)10-4-2-1-3-5-10;;/h1-9H,(H2,16,17,18,19);1H;/q;;+2. The Kier molecular flexibility index (Phi) is 8.08. The first-order chi connectivity index (χ1) is 10.2. The summed E-state index contributed by atoms with van der Waals surface area (Å²) < 4.78 is 0.862. The van der Waals surface area contributed by atoms with Crippen molar-refractivity contribution in [1.82, 2.24) is 0 Å². The molecular formula is C14H12BrClCuN2O2+2. The van der Waals surface area contributed by atoms with Crippen LogP contribution in [-0.2, 0) is 15.1 Å². The molecule has 3 N–H and O–H groups in total. The van der Waals surface area contributed by atoms with Crippen molar-refractivity contribution in [2.45, 2.75) is 0 Å². The van der Waals surface area contributed by atoms with Crippen molar-refractivity contribution in [3.05, 3.63) is 69.6 Å². The maximum absolute atomic E-state index is 9.70. The summed E-state index contributed by atoms with van der Waals surface area (Å²) in [4.78, 5) is 9.70. The topological polar surface area (TPSA) is 70.8 Å². The number of amides is 1. The molecule has 2 aromatic rings. The van der Waals surface area contributed by atoms with Crippen LogP contribution >= 0.6 is 26.0 Å². The van der Waals surface area contributed by atoms with Crippen LogP contribution in [0.4, 0.5) is 0 Å². The number of hydrogen-bond donors (Lipinski definition) is 0. The zero-order chi connectivity index (χ0) is 15.7. The molecule has 1 amide bonds. The van der Waals surface area contributed by atoms with Crippen LogP contribution in [0.15, 0.2) is 58.1 Å². The van der Waals surface area contributed by atoms with Gasteiger partial charge in [-0.25, -0.2) is 0 Å². The van der Waals surface area contributed by atoms with Crippen LogP contribution in [0.25, 0.3) is 5.43 Å². The van der Waals surface area contributed by atoms with Crippen LogP contribution < -0.4 is 0 Å². The molecule has 0 aromatic heterocycles. The van der Waals surface area contributed by atoms with Crippen molar-refractivity contribution in [2.75, 3.05) is 0 Å². The Morgan fingerprint density at radius 3 is 2.57 bits per heavy atom. The van der Waals surface area contributed by atoms with E-state index in [4.69, 9.17) is 5.11 Å². The van der Waals surface area contributed by atoms with Crippen LogP contribution in [0.2, 0.25) is 0 Å². The minimum atomic E-state index is -0.154. The zero-order valence-corrected chi connectivity index (χ0v) is 13.9. The summed E-state index contributed by atoms with van der Waals surface area (Å²) in [6, 6.07) is 14.2. The molecule has 0 saturated heterocycles. The molecule has 2 rings (SSSR count). The number of halogens is 2. The maximum atomic E-state index is 9.70. The third-order valence-corrected chi connectivity index (χ3v) is 2.89. The van der Waals surface area contributed by atoms with Crippen LogP contribution in [0.5, 0.6) is 5.75 Å². The largest absolute Gasteiger partial charge is 0.593 e. The first-order valence-electron chi connectivity index (χ1n) is 5.65. The fourth-order valence-corrected chi connectivity index (χ4v) is 1.81. The Hall–Kier alpha value is -1.33. The van der Waals surface area contributed by atoms with Gasteiger partial charge in [-0.15, -0.1) is 0 Å². The molecule has 0 fully saturated rings. The molecule has 0 aliphatic carbocycles. The molecule has 0 aliphatic heterocycles. The molecule has 2 aromatic carbocycles. The van der Waals surface area contributed by atoms with Gasteiger partial charge in [0.1, 0.15) is 0 Å². The zero-order valence-electron chi connectivity index (χ0n) is 10.6. The summed E-state index contributed by atoms with van der Waals surface area (Å²) in [5.74, 6) is 0.194. The molecule has 0 heterocycles. The average Bonchev–Trinajstić information content (AvgIpc) is 2.53. The second-order valence-corrected chi connectivity index (χ2v) is 4.68. The van der Waals surface area contributed by atoms with Crippen molar-refractivity contribution < 1.29 is 25.0 Å².